The maximum Gasteiger partial charge on any atom is 0.191 e. The Morgan fingerprint density at radius 2 is 1.91 bits per heavy atom. The average molecular weight is 573 g/mol. The topological polar surface area (TPSA) is 67.8 Å². The summed E-state index contributed by atoms with van der Waals surface area (Å²) in [5.74, 6) is 1.78. The van der Waals surface area contributed by atoms with E-state index in [0.717, 1.165) is 70.2 Å². The summed E-state index contributed by atoms with van der Waals surface area (Å²) in [5, 5.41) is 8.05. The molecule has 3 rings (SSSR count). The van der Waals surface area contributed by atoms with Gasteiger partial charge in [-0.25, -0.2) is 4.98 Å². The second kappa shape index (κ2) is 14.0. The van der Waals surface area contributed by atoms with E-state index < -0.39 is 0 Å². The molecule has 8 heteroatoms. The Kier molecular flexibility index (Phi) is 11.7. The fourth-order valence-electron chi connectivity index (χ4n) is 3.86. The van der Waals surface area contributed by atoms with E-state index in [-0.39, 0.29) is 29.4 Å². The lowest BCUT2D eigenvalue weighted by Crippen LogP contribution is -2.41. The first-order valence-electron chi connectivity index (χ1n) is 11.5. The van der Waals surface area contributed by atoms with Crippen molar-refractivity contribution in [3.05, 3.63) is 45.9 Å². The quantitative estimate of drug-likeness (QED) is 0.248. The highest BCUT2D eigenvalue weighted by Crippen LogP contribution is 2.36. The summed E-state index contributed by atoms with van der Waals surface area (Å²) in [4.78, 5) is 10.8. The summed E-state index contributed by atoms with van der Waals surface area (Å²) in [6.45, 7) is 10.9. The van der Waals surface area contributed by atoms with Gasteiger partial charge in [-0.05, 0) is 50.8 Å². The van der Waals surface area contributed by atoms with E-state index in [1.54, 1.807) is 11.3 Å². The number of nitrogens with zero attached hydrogens (tertiary/aromatic N) is 2. The van der Waals surface area contributed by atoms with Gasteiger partial charge in [0.15, 0.2) is 5.96 Å². The maximum absolute atomic E-state index is 5.68. The van der Waals surface area contributed by atoms with Gasteiger partial charge < -0.3 is 20.1 Å². The highest BCUT2D eigenvalue weighted by atomic mass is 127. The Morgan fingerprint density at radius 1 is 1.16 bits per heavy atom. The molecule has 178 valence electrons. The predicted octanol–water partition coefficient (Wildman–Crippen LogP) is 4.57. The van der Waals surface area contributed by atoms with Crippen LogP contribution in [0.15, 0.2) is 35.5 Å². The smallest absolute Gasteiger partial charge is 0.191 e. The number of nitrogens with one attached hydrogen (secondary N) is 2. The molecular formula is C24H37IN4O2S. The van der Waals surface area contributed by atoms with Gasteiger partial charge in [0.2, 0.25) is 0 Å². The van der Waals surface area contributed by atoms with E-state index in [1.807, 2.05) is 13.1 Å². The van der Waals surface area contributed by atoms with Crippen LogP contribution >= 0.6 is 35.3 Å². The number of benzene rings is 1. The van der Waals surface area contributed by atoms with Crippen molar-refractivity contribution in [2.45, 2.75) is 51.9 Å². The molecule has 0 unspecified atom stereocenters. The fourth-order valence-corrected chi connectivity index (χ4v) is 4.72. The third-order valence-electron chi connectivity index (χ3n) is 5.69. The highest BCUT2D eigenvalue weighted by Gasteiger charge is 2.34. The summed E-state index contributed by atoms with van der Waals surface area (Å²) in [5.41, 5.74) is 1.31. The van der Waals surface area contributed by atoms with Gasteiger partial charge in [-0.2, -0.15) is 0 Å². The van der Waals surface area contributed by atoms with Crippen molar-refractivity contribution in [2.75, 3.05) is 39.5 Å². The molecule has 2 N–H and O–H groups in total. The zero-order valence-corrected chi connectivity index (χ0v) is 22.6. The van der Waals surface area contributed by atoms with Gasteiger partial charge in [0.25, 0.3) is 0 Å². The zero-order chi connectivity index (χ0) is 21.9. The highest BCUT2D eigenvalue weighted by molar-refractivity contribution is 14.0. The number of ether oxygens (including phenoxy) is 2. The number of halogens is 1. The lowest BCUT2D eigenvalue weighted by molar-refractivity contribution is 0.0531. The SMILES string of the molecule is CCNC(=NCC1(c2ccc(OCC)cc2)CCOCC1)NCCc1ncc(CC)s1.I. The van der Waals surface area contributed by atoms with E-state index in [9.17, 15) is 0 Å². The van der Waals surface area contributed by atoms with E-state index in [0.29, 0.717) is 6.61 Å². The van der Waals surface area contributed by atoms with Crippen LogP contribution in [0.5, 0.6) is 5.75 Å². The molecule has 2 heterocycles. The van der Waals surface area contributed by atoms with Gasteiger partial charge in [-0.15, -0.1) is 35.3 Å². The third-order valence-corrected chi connectivity index (χ3v) is 6.89. The molecule has 1 saturated heterocycles. The third kappa shape index (κ3) is 7.59. The summed E-state index contributed by atoms with van der Waals surface area (Å²) in [6.07, 6.45) is 5.90. The number of guanidine groups is 1. The van der Waals surface area contributed by atoms with Crippen LogP contribution in [-0.4, -0.2) is 50.4 Å². The Balaban J connectivity index is 0.00000363. The molecule has 1 fully saturated rings. The lowest BCUT2D eigenvalue weighted by Gasteiger charge is -2.36. The van der Waals surface area contributed by atoms with Crippen molar-refractivity contribution in [2.24, 2.45) is 4.99 Å². The molecule has 0 amide bonds. The minimum atomic E-state index is -0.00329. The van der Waals surface area contributed by atoms with Crippen LogP contribution in [0.2, 0.25) is 0 Å². The van der Waals surface area contributed by atoms with Crippen LogP contribution in [0, 0.1) is 0 Å². The Labute approximate surface area is 213 Å². The second-order valence-electron chi connectivity index (χ2n) is 7.80. The summed E-state index contributed by atoms with van der Waals surface area (Å²) < 4.78 is 11.3. The summed E-state index contributed by atoms with van der Waals surface area (Å²) >= 11 is 1.80. The fraction of sp³-hybridized carbons (Fsp3) is 0.583. The largest absolute Gasteiger partial charge is 0.494 e. The number of aryl methyl sites for hydroxylation is 1. The number of hydrogen-bond acceptors (Lipinski definition) is 5. The van der Waals surface area contributed by atoms with Crippen molar-refractivity contribution < 1.29 is 9.47 Å². The molecule has 0 bridgehead atoms. The average Bonchev–Trinajstić information content (AvgIpc) is 3.27. The van der Waals surface area contributed by atoms with Gasteiger partial charge in [0, 0.05) is 49.2 Å². The number of aliphatic imine (C=N–C) groups is 1. The first-order chi connectivity index (χ1) is 15.2. The van der Waals surface area contributed by atoms with Crippen molar-refractivity contribution >= 4 is 41.3 Å². The molecule has 0 radical (unpaired) electrons. The molecule has 2 aromatic rings. The second-order valence-corrected chi connectivity index (χ2v) is 9.00. The van der Waals surface area contributed by atoms with E-state index >= 15 is 0 Å². The number of hydrogen-bond donors (Lipinski definition) is 2. The van der Waals surface area contributed by atoms with Gasteiger partial charge in [0.1, 0.15) is 5.75 Å². The Bertz CT molecular complexity index is 820. The van der Waals surface area contributed by atoms with Crippen LogP contribution in [0.1, 0.15) is 49.1 Å². The van der Waals surface area contributed by atoms with Gasteiger partial charge in [-0.3, -0.25) is 4.99 Å². The number of aromatic nitrogens is 1. The van der Waals surface area contributed by atoms with Crippen molar-refractivity contribution in [1.82, 2.24) is 15.6 Å². The standard InChI is InChI=1S/C24H36N4O2S.HI/c1-4-21-17-27-22(31-21)11-14-26-23(25-5-2)28-18-24(12-15-29-16-13-24)19-7-9-20(10-8-19)30-6-3;/h7-10,17H,4-6,11-16,18H2,1-3H3,(H2,25,26,28);1H. The molecule has 1 aromatic carbocycles. The minimum absolute atomic E-state index is 0. The van der Waals surface area contributed by atoms with Crippen molar-refractivity contribution in [3.8, 4) is 5.75 Å². The molecule has 6 nitrogen and oxygen atoms in total. The van der Waals surface area contributed by atoms with Crippen LogP contribution in [-0.2, 0) is 23.0 Å². The zero-order valence-electron chi connectivity index (χ0n) is 19.5. The van der Waals surface area contributed by atoms with E-state index in [2.05, 4.69) is 53.7 Å². The first-order valence-corrected chi connectivity index (χ1v) is 12.3. The Hall–Kier alpha value is -1.39. The summed E-state index contributed by atoms with van der Waals surface area (Å²) in [6, 6.07) is 8.53. The molecule has 0 atom stereocenters. The Morgan fingerprint density at radius 3 is 2.53 bits per heavy atom. The number of rotatable bonds is 10. The molecule has 1 aliphatic heterocycles. The molecule has 0 aliphatic carbocycles. The van der Waals surface area contributed by atoms with Gasteiger partial charge >= 0.3 is 0 Å². The minimum Gasteiger partial charge on any atom is -0.494 e. The number of thiazole rings is 1. The van der Waals surface area contributed by atoms with Crippen molar-refractivity contribution in [1.29, 1.82) is 0 Å². The van der Waals surface area contributed by atoms with Crippen LogP contribution in [0.4, 0.5) is 0 Å². The van der Waals surface area contributed by atoms with E-state index in [4.69, 9.17) is 14.5 Å². The maximum atomic E-state index is 5.68. The lowest BCUT2D eigenvalue weighted by atomic mass is 9.74. The molecule has 0 spiro atoms. The molecule has 32 heavy (non-hydrogen) atoms. The van der Waals surface area contributed by atoms with Crippen molar-refractivity contribution in [3.63, 3.8) is 0 Å². The normalized spacial score (nSPS) is 15.7. The molecular weight excluding hydrogens is 535 g/mol. The molecule has 1 aromatic heterocycles. The summed E-state index contributed by atoms with van der Waals surface area (Å²) in [7, 11) is 0. The van der Waals surface area contributed by atoms with Crippen LogP contribution < -0.4 is 15.4 Å². The van der Waals surface area contributed by atoms with Gasteiger partial charge in [0.05, 0.1) is 18.2 Å². The first kappa shape index (κ1) is 26.9. The molecule has 0 saturated carbocycles. The molecule has 1 aliphatic rings. The van der Waals surface area contributed by atoms with Crippen LogP contribution in [0.25, 0.3) is 0 Å². The predicted molar refractivity (Wildman–Crippen MR) is 144 cm³/mol. The van der Waals surface area contributed by atoms with Gasteiger partial charge in [-0.1, -0.05) is 19.1 Å². The monoisotopic (exact) mass is 572 g/mol. The van der Waals surface area contributed by atoms with Crippen LogP contribution in [0.3, 0.4) is 0 Å². The van der Waals surface area contributed by atoms with E-state index in [1.165, 1.54) is 15.4 Å².